The van der Waals surface area contributed by atoms with Crippen molar-refractivity contribution in [3.8, 4) is 5.69 Å². The molecule has 1 N–H and O–H groups in total. The van der Waals surface area contributed by atoms with Gasteiger partial charge < -0.3 is 19.9 Å². The van der Waals surface area contributed by atoms with Crippen molar-refractivity contribution in [3.05, 3.63) is 42.7 Å². The molecule has 0 saturated carbocycles. The van der Waals surface area contributed by atoms with E-state index in [-0.39, 0.29) is 12.1 Å². The molecule has 0 radical (unpaired) electrons. The zero-order chi connectivity index (χ0) is 17.6. The van der Waals surface area contributed by atoms with Crippen molar-refractivity contribution in [2.45, 2.75) is 6.92 Å². The quantitative estimate of drug-likeness (QED) is 0.926. The van der Waals surface area contributed by atoms with Crippen LogP contribution < -0.4 is 5.32 Å². The van der Waals surface area contributed by atoms with Crippen LogP contribution in [0.25, 0.3) is 5.69 Å². The van der Waals surface area contributed by atoms with E-state index in [9.17, 15) is 9.59 Å². The fraction of sp³-hybridized carbons (Fsp3) is 0.353. The minimum Gasteiger partial charge on any atom is -0.450 e. The normalized spacial score (nSPS) is 14.3. The van der Waals surface area contributed by atoms with Crippen LogP contribution in [0.5, 0.6) is 0 Å². The van der Waals surface area contributed by atoms with Crippen molar-refractivity contribution in [1.29, 1.82) is 0 Å². The molecule has 25 heavy (non-hydrogen) atoms. The lowest BCUT2D eigenvalue weighted by molar-refractivity contribution is 0.0868. The smallest absolute Gasteiger partial charge is 0.409 e. The van der Waals surface area contributed by atoms with E-state index in [4.69, 9.17) is 4.74 Å². The molecule has 2 aromatic rings. The van der Waals surface area contributed by atoms with Crippen LogP contribution in [0.2, 0.25) is 0 Å². The third kappa shape index (κ3) is 4.09. The maximum absolute atomic E-state index is 12.4. The number of carbonyl (C=O) groups excluding carboxylic acids is 2. The Kier molecular flexibility index (Phi) is 5.17. The molecule has 0 spiro atoms. The lowest BCUT2D eigenvalue weighted by atomic mass is 10.2. The van der Waals surface area contributed by atoms with Crippen LogP contribution in [0.15, 0.2) is 42.7 Å². The Morgan fingerprint density at radius 1 is 1.16 bits per heavy atom. The number of amides is 3. The van der Waals surface area contributed by atoms with Crippen LogP contribution in [0.1, 0.15) is 6.92 Å². The third-order valence-corrected chi connectivity index (χ3v) is 3.96. The maximum atomic E-state index is 12.4. The van der Waals surface area contributed by atoms with Gasteiger partial charge in [0.25, 0.3) is 0 Å². The second-order valence-electron chi connectivity index (χ2n) is 5.60. The molecule has 1 saturated heterocycles. The highest BCUT2D eigenvalue weighted by atomic mass is 16.6. The standard InChI is InChI=1S/C17H21N5O3/c1-2-25-17(24)21-11-9-20(10-12-21)16(23)19-14-5-3-6-15(13-14)22-8-4-7-18-22/h3-8,13H,2,9-12H2,1H3,(H,19,23). The number of piperazine rings is 1. The summed E-state index contributed by atoms with van der Waals surface area (Å²) in [7, 11) is 0. The van der Waals surface area contributed by atoms with Gasteiger partial charge in [-0.25, -0.2) is 14.3 Å². The molecule has 0 unspecified atom stereocenters. The molecule has 1 aromatic carbocycles. The first-order chi connectivity index (χ1) is 12.2. The molecule has 3 rings (SSSR count). The molecule has 1 aliphatic rings. The Labute approximate surface area is 146 Å². The summed E-state index contributed by atoms with van der Waals surface area (Å²) in [6.07, 6.45) is 3.22. The summed E-state index contributed by atoms with van der Waals surface area (Å²) in [5.74, 6) is 0. The van der Waals surface area contributed by atoms with Gasteiger partial charge >= 0.3 is 12.1 Å². The van der Waals surface area contributed by atoms with E-state index in [1.54, 1.807) is 27.6 Å². The lowest BCUT2D eigenvalue weighted by Gasteiger charge is -2.34. The van der Waals surface area contributed by atoms with Gasteiger partial charge in [-0.2, -0.15) is 5.10 Å². The van der Waals surface area contributed by atoms with E-state index in [0.29, 0.717) is 38.5 Å². The number of rotatable bonds is 3. The van der Waals surface area contributed by atoms with Gasteiger partial charge in [-0.1, -0.05) is 6.07 Å². The molecule has 0 atom stereocenters. The second kappa shape index (κ2) is 7.69. The van der Waals surface area contributed by atoms with E-state index in [0.717, 1.165) is 5.69 Å². The van der Waals surface area contributed by atoms with Gasteiger partial charge in [-0.3, -0.25) is 0 Å². The van der Waals surface area contributed by atoms with Gasteiger partial charge in [0.2, 0.25) is 0 Å². The molecular formula is C17H21N5O3. The molecule has 8 nitrogen and oxygen atoms in total. The number of hydrogen-bond acceptors (Lipinski definition) is 4. The zero-order valence-electron chi connectivity index (χ0n) is 14.1. The van der Waals surface area contributed by atoms with Gasteiger partial charge in [0, 0.05) is 44.3 Å². The summed E-state index contributed by atoms with van der Waals surface area (Å²) in [4.78, 5) is 27.4. The molecule has 132 valence electrons. The van der Waals surface area contributed by atoms with Crippen molar-refractivity contribution in [2.75, 3.05) is 38.1 Å². The van der Waals surface area contributed by atoms with E-state index >= 15 is 0 Å². The molecule has 2 heterocycles. The number of carbonyl (C=O) groups is 2. The summed E-state index contributed by atoms with van der Waals surface area (Å²) in [5, 5.41) is 7.08. The summed E-state index contributed by atoms with van der Waals surface area (Å²) < 4.78 is 6.71. The van der Waals surface area contributed by atoms with Gasteiger partial charge in [0.1, 0.15) is 0 Å². The van der Waals surface area contributed by atoms with Gasteiger partial charge in [-0.05, 0) is 31.2 Å². The minimum absolute atomic E-state index is 0.180. The second-order valence-corrected chi connectivity index (χ2v) is 5.60. The van der Waals surface area contributed by atoms with Crippen LogP contribution >= 0.6 is 0 Å². The number of aromatic nitrogens is 2. The van der Waals surface area contributed by atoms with Crippen molar-refractivity contribution < 1.29 is 14.3 Å². The monoisotopic (exact) mass is 343 g/mol. The molecular weight excluding hydrogens is 322 g/mol. The average Bonchev–Trinajstić information content (AvgIpc) is 3.17. The predicted octanol–water partition coefficient (Wildman–Crippen LogP) is 2.18. The first kappa shape index (κ1) is 16.8. The highest BCUT2D eigenvalue weighted by Crippen LogP contribution is 2.15. The topological polar surface area (TPSA) is 79.7 Å². The summed E-state index contributed by atoms with van der Waals surface area (Å²) in [5.41, 5.74) is 1.57. The molecule has 1 aromatic heterocycles. The summed E-state index contributed by atoms with van der Waals surface area (Å²) >= 11 is 0. The number of benzene rings is 1. The number of ether oxygens (including phenoxy) is 1. The van der Waals surface area contributed by atoms with Gasteiger partial charge in [-0.15, -0.1) is 0 Å². The Hall–Kier alpha value is -3.03. The average molecular weight is 343 g/mol. The Morgan fingerprint density at radius 3 is 2.60 bits per heavy atom. The van der Waals surface area contributed by atoms with E-state index in [1.807, 2.05) is 36.5 Å². The van der Waals surface area contributed by atoms with E-state index < -0.39 is 0 Å². The Bertz CT molecular complexity index is 724. The van der Waals surface area contributed by atoms with Gasteiger partial charge in [0.15, 0.2) is 0 Å². The molecule has 1 aliphatic heterocycles. The van der Waals surface area contributed by atoms with Crippen molar-refractivity contribution in [2.24, 2.45) is 0 Å². The molecule has 1 fully saturated rings. The fourth-order valence-corrected chi connectivity index (χ4v) is 2.66. The fourth-order valence-electron chi connectivity index (χ4n) is 2.66. The van der Waals surface area contributed by atoms with Gasteiger partial charge in [0.05, 0.1) is 12.3 Å². The predicted molar refractivity (Wildman–Crippen MR) is 92.8 cm³/mol. The zero-order valence-corrected chi connectivity index (χ0v) is 14.1. The number of anilines is 1. The van der Waals surface area contributed by atoms with E-state index in [1.165, 1.54) is 0 Å². The first-order valence-electron chi connectivity index (χ1n) is 8.25. The first-order valence-corrected chi connectivity index (χ1v) is 8.25. The minimum atomic E-state index is -0.325. The van der Waals surface area contributed by atoms with Crippen LogP contribution in [-0.4, -0.2) is 64.5 Å². The Balaban J connectivity index is 1.57. The van der Waals surface area contributed by atoms with Crippen LogP contribution in [0.4, 0.5) is 15.3 Å². The largest absolute Gasteiger partial charge is 0.450 e. The Morgan fingerprint density at radius 2 is 1.92 bits per heavy atom. The summed E-state index contributed by atoms with van der Waals surface area (Å²) in [6.45, 7) is 4.03. The lowest BCUT2D eigenvalue weighted by Crippen LogP contribution is -2.51. The number of urea groups is 1. The van der Waals surface area contributed by atoms with Crippen molar-refractivity contribution >= 4 is 17.8 Å². The molecule has 8 heteroatoms. The van der Waals surface area contributed by atoms with Crippen molar-refractivity contribution in [1.82, 2.24) is 19.6 Å². The number of nitrogens with zero attached hydrogens (tertiary/aromatic N) is 4. The summed E-state index contributed by atoms with van der Waals surface area (Å²) in [6, 6.07) is 9.14. The van der Waals surface area contributed by atoms with Crippen LogP contribution in [0.3, 0.4) is 0 Å². The molecule has 3 amide bonds. The highest BCUT2D eigenvalue weighted by Gasteiger charge is 2.24. The van der Waals surface area contributed by atoms with Crippen molar-refractivity contribution in [3.63, 3.8) is 0 Å². The SMILES string of the molecule is CCOC(=O)N1CCN(C(=O)Nc2cccc(-n3cccn3)c2)CC1. The molecule has 0 bridgehead atoms. The van der Waals surface area contributed by atoms with Crippen LogP contribution in [0, 0.1) is 0 Å². The number of nitrogens with one attached hydrogen (secondary N) is 1. The number of hydrogen-bond donors (Lipinski definition) is 1. The third-order valence-electron chi connectivity index (χ3n) is 3.96. The highest BCUT2D eigenvalue weighted by molar-refractivity contribution is 5.89. The molecule has 0 aliphatic carbocycles. The maximum Gasteiger partial charge on any atom is 0.409 e. The van der Waals surface area contributed by atoms with E-state index in [2.05, 4.69) is 10.4 Å². The van der Waals surface area contributed by atoms with Crippen LogP contribution in [-0.2, 0) is 4.74 Å².